The number of hydrogen-bond donors (Lipinski definition) is 0. The van der Waals surface area contributed by atoms with Gasteiger partial charge in [-0.3, -0.25) is 10.1 Å². The second kappa shape index (κ2) is 4.88. The van der Waals surface area contributed by atoms with E-state index in [1.807, 2.05) is 30.3 Å². The van der Waals surface area contributed by atoms with Gasteiger partial charge in [0.05, 0.1) is 11.1 Å². The highest BCUT2D eigenvalue weighted by molar-refractivity contribution is 5.57. The number of hydrogen-bond acceptors (Lipinski definition) is 5. The molecule has 0 atom stereocenters. The molecule has 0 fully saturated rings. The predicted octanol–water partition coefficient (Wildman–Crippen LogP) is 2.24. The summed E-state index contributed by atoms with van der Waals surface area (Å²) < 4.78 is 1.48. The van der Waals surface area contributed by atoms with E-state index < -0.39 is 4.92 Å². The van der Waals surface area contributed by atoms with Gasteiger partial charge in [-0.05, 0) is 6.07 Å². The highest BCUT2D eigenvalue weighted by Gasteiger charge is 2.09. The lowest BCUT2D eigenvalue weighted by atomic mass is 10.2. The molecule has 0 amide bonds. The number of nitro groups is 1. The molecule has 0 bridgehead atoms. The smallest absolute Gasteiger partial charge is 0.258 e. The van der Waals surface area contributed by atoms with Crippen molar-refractivity contribution in [2.45, 2.75) is 0 Å². The first-order valence-electron chi connectivity index (χ1n) is 5.82. The number of nitrogens with zero attached hydrogens (tertiary/aromatic N) is 5. The van der Waals surface area contributed by atoms with Gasteiger partial charge in [0, 0.05) is 11.6 Å². The van der Waals surface area contributed by atoms with Crippen molar-refractivity contribution < 1.29 is 4.92 Å². The average Bonchev–Trinajstić information content (AvgIpc) is 2.98. The third kappa shape index (κ3) is 2.24. The van der Waals surface area contributed by atoms with Gasteiger partial charge in [0.25, 0.3) is 5.69 Å². The van der Waals surface area contributed by atoms with Gasteiger partial charge in [-0.15, -0.1) is 5.10 Å². The molecule has 0 spiro atoms. The van der Waals surface area contributed by atoms with E-state index in [4.69, 9.17) is 0 Å². The molecule has 0 aliphatic heterocycles. The summed E-state index contributed by atoms with van der Waals surface area (Å²) in [6.45, 7) is 0. The van der Waals surface area contributed by atoms with Crippen molar-refractivity contribution in [2.24, 2.45) is 0 Å². The van der Waals surface area contributed by atoms with Crippen LogP contribution >= 0.6 is 0 Å². The number of rotatable bonds is 3. The molecule has 20 heavy (non-hydrogen) atoms. The van der Waals surface area contributed by atoms with Gasteiger partial charge in [0.2, 0.25) is 0 Å². The zero-order chi connectivity index (χ0) is 13.9. The number of pyridine rings is 1. The van der Waals surface area contributed by atoms with Crippen LogP contribution in [0.4, 0.5) is 5.69 Å². The fourth-order valence-corrected chi connectivity index (χ4v) is 1.74. The Bertz CT molecular complexity index is 737. The molecule has 2 heterocycles. The molecule has 0 aliphatic rings. The quantitative estimate of drug-likeness (QED) is 0.536. The van der Waals surface area contributed by atoms with Gasteiger partial charge in [-0.1, -0.05) is 35.5 Å². The largest absolute Gasteiger partial charge is 0.287 e. The van der Waals surface area contributed by atoms with E-state index >= 15 is 0 Å². The topological polar surface area (TPSA) is 86.7 Å². The van der Waals surface area contributed by atoms with Crippen molar-refractivity contribution in [1.82, 2.24) is 20.0 Å². The van der Waals surface area contributed by atoms with E-state index in [0.29, 0.717) is 11.5 Å². The first-order chi connectivity index (χ1) is 9.74. The Hall–Kier alpha value is -3.09. The van der Waals surface area contributed by atoms with Crippen molar-refractivity contribution in [3.63, 3.8) is 0 Å². The molecule has 0 aliphatic carbocycles. The fourth-order valence-electron chi connectivity index (χ4n) is 1.74. The van der Waals surface area contributed by atoms with Crippen LogP contribution in [-0.4, -0.2) is 24.9 Å². The Morgan fingerprint density at radius 2 is 1.90 bits per heavy atom. The van der Waals surface area contributed by atoms with Gasteiger partial charge in [0.1, 0.15) is 11.9 Å². The zero-order valence-corrected chi connectivity index (χ0v) is 10.2. The Kier molecular flexibility index (Phi) is 2.92. The predicted molar refractivity (Wildman–Crippen MR) is 71.2 cm³/mol. The molecule has 0 unspecified atom stereocenters. The standard InChI is InChI=1S/C13H9N5O2/c19-18(20)11-6-7-13(14-8-11)17-9-12(15-16-17)10-4-2-1-3-5-10/h1-9H. The lowest BCUT2D eigenvalue weighted by molar-refractivity contribution is -0.385. The van der Waals surface area contributed by atoms with Crippen LogP contribution in [0.5, 0.6) is 0 Å². The summed E-state index contributed by atoms with van der Waals surface area (Å²) in [5.41, 5.74) is 1.60. The van der Waals surface area contributed by atoms with E-state index in [1.165, 1.54) is 23.0 Å². The zero-order valence-electron chi connectivity index (χ0n) is 10.2. The van der Waals surface area contributed by atoms with Crippen LogP contribution < -0.4 is 0 Å². The molecule has 2 aromatic heterocycles. The molecule has 0 saturated heterocycles. The fraction of sp³-hybridized carbons (Fsp3) is 0. The van der Waals surface area contributed by atoms with Gasteiger partial charge in [-0.25, -0.2) is 9.67 Å². The second-order valence-corrected chi connectivity index (χ2v) is 4.05. The molecule has 0 N–H and O–H groups in total. The lowest BCUT2D eigenvalue weighted by Gasteiger charge is -1.97. The highest BCUT2D eigenvalue weighted by Crippen LogP contribution is 2.17. The SMILES string of the molecule is O=[N+]([O-])c1ccc(-n2cc(-c3ccccc3)nn2)nc1. The molecule has 1 aromatic carbocycles. The third-order valence-electron chi connectivity index (χ3n) is 2.74. The van der Waals surface area contributed by atoms with Crippen LogP contribution in [0.2, 0.25) is 0 Å². The summed E-state index contributed by atoms with van der Waals surface area (Å²) in [6, 6.07) is 12.5. The average molecular weight is 267 g/mol. The molecule has 7 nitrogen and oxygen atoms in total. The first kappa shape index (κ1) is 12.0. The second-order valence-electron chi connectivity index (χ2n) is 4.05. The summed E-state index contributed by atoms with van der Waals surface area (Å²) in [6.07, 6.45) is 2.92. The van der Waals surface area contributed by atoms with Gasteiger partial charge in [-0.2, -0.15) is 0 Å². The first-order valence-corrected chi connectivity index (χ1v) is 5.82. The van der Waals surface area contributed by atoms with E-state index in [1.54, 1.807) is 6.20 Å². The summed E-state index contributed by atoms with van der Waals surface area (Å²) >= 11 is 0. The summed E-state index contributed by atoms with van der Waals surface area (Å²) in [7, 11) is 0. The molecule has 0 saturated carbocycles. The van der Waals surface area contributed by atoms with Gasteiger partial charge in [0.15, 0.2) is 5.82 Å². The highest BCUT2D eigenvalue weighted by atomic mass is 16.6. The van der Waals surface area contributed by atoms with Crippen molar-refractivity contribution in [3.8, 4) is 17.1 Å². The van der Waals surface area contributed by atoms with Crippen LogP contribution in [0.25, 0.3) is 17.1 Å². The van der Waals surface area contributed by atoms with Crippen molar-refractivity contribution in [2.75, 3.05) is 0 Å². The Labute approximate surface area is 113 Å². The summed E-state index contributed by atoms with van der Waals surface area (Å²) in [4.78, 5) is 14.1. The maximum absolute atomic E-state index is 10.6. The minimum Gasteiger partial charge on any atom is -0.258 e. The lowest BCUT2D eigenvalue weighted by Crippen LogP contribution is -1.98. The minimum atomic E-state index is -0.493. The molecule has 7 heteroatoms. The van der Waals surface area contributed by atoms with E-state index in [-0.39, 0.29) is 5.69 Å². The maximum atomic E-state index is 10.6. The third-order valence-corrected chi connectivity index (χ3v) is 2.74. The number of benzene rings is 1. The van der Waals surface area contributed by atoms with Gasteiger partial charge < -0.3 is 0 Å². The van der Waals surface area contributed by atoms with Crippen molar-refractivity contribution in [1.29, 1.82) is 0 Å². The molecule has 3 rings (SSSR count). The van der Waals surface area contributed by atoms with Crippen LogP contribution in [-0.2, 0) is 0 Å². The summed E-state index contributed by atoms with van der Waals surface area (Å²) in [5, 5.41) is 18.6. The van der Waals surface area contributed by atoms with Gasteiger partial charge >= 0.3 is 0 Å². The maximum Gasteiger partial charge on any atom is 0.287 e. The monoisotopic (exact) mass is 267 g/mol. The molecule has 98 valence electrons. The van der Waals surface area contributed by atoms with Crippen LogP contribution in [0, 0.1) is 10.1 Å². The summed E-state index contributed by atoms with van der Waals surface area (Å²) in [5.74, 6) is 0.477. The van der Waals surface area contributed by atoms with E-state index in [0.717, 1.165) is 5.56 Å². The van der Waals surface area contributed by atoms with Crippen LogP contribution in [0.3, 0.4) is 0 Å². The Balaban J connectivity index is 1.92. The molecular weight excluding hydrogens is 258 g/mol. The Morgan fingerprint density at radius 3 is 2.55 bits per heavy atom. The molecular formula is C13H9N5O2. The van der Waals surface area contributed by atoms with Crippen molar-refractivity contribution in [3.05, 3.63) is 65.0 Å². The Morgan fingerprint density at radius 1 is 1.10 bits per heavy atom. The normalized spacial score (nSPS) is 10.4. The molecule has 3 aromatic rings. The minimum absolute atomic E-state index is 0.0582. The van der Waals surface area contributed by atoms with Crippen molar-refractivity contribution >= 4 is 5.69 Å². The molecule has 0 radical (unpaired) electrons. The van der Waals surface area contributed by atoms with E-state index in [2.05, 4.69) is 15.3 Å². The number of aromatic nitrogens is 4. The van der Waals surface area contributed by atoms with Crippen LogP contribution in [0.15, 0.2) is 54.9 Å². The van der Waals surface area contributed by atoms with Crippen LogP contribution in [0.1, 0.15) is 0 Å². The van der Waals surface area contributed by atoms with E-state index in [9.17, 15) is 10.1 Å².